The number of piperidine rings is 1. The van der Waals surface area contributed by atoms with E-state index < -0.39 is 35.2 Å². The van der Waals surface area contributed by atoms with Crippen LogP contribution < -0.4 is 14.8 Å². The lowest BCUT2D eigenvalue weighted by atomic mass is 9.84. The highest BCUT2D eigenvalue weighted by molar-refractivity contribution is 6.38. The van der Waals surface area contributed by atoms with Gasteiger partial charge < -0.3 is 24.4 Å². The van der Waals surface area contributed by atoms with Crippen molar-refractivity contribution < 1.29 is 33.4 Å². The van der Waals surface area contributed by atoms with E-state index in [2.05, 4.69) is 5.32 Å². The van der Waals surface area contributed by atoms with Gasteiger partial charge in [0, 0.05) is 23.6 Å². The SMILES string of the molecule is CCC(C)(C)C(=O)C(=O)N1CCCC[C@H]1C(=O)O[C@H](CCc1ccc(OC)c(OC)c1)c1cccc(NC(=O)C(C)C)c1. The first kappa shape index (κ1) is 33.6. The molecule has 2 atom stereocenters. The van der Waals surface area contributed by atoms with Gasteiger partial charge in [-0.3, -0.25) is 14.4 Å². The van der Waals surface area contributed by atoms with Crippen molar-refractivity contribution in [3.8, 4) is 11.5 Å². The van der Waals surface area contributed by atoms with Crippen LogP contribution in [0.1, 0.15) is 84.0 Å². The second kappa shape index (κ2) is 15.0. The minimum absolute atomic E-state index is 0.118. The van der Waals surface area contributed by atoms with Crippen LogP contribution in [0.4, 0.5) is 5.69 Å². The molecule has 1 N–H and O–H groups in total. The van der Waals surface area contributed by atoms with E-state index >= 15 is 0 Å². The number of likely N-dealkylation sites (tertiary alicyclic amines) is 1. The largest absolute Gasteiger partial charge is 0.493 e. The van der Waals surface area contributed by atoms with Gasteiger partial charge in [-0.05, 0) is 73.9 Å². The van der Waals surface area contributed by atoms with Crippen LogP contribution in [0.25, 0.3) is 0 Å². The molecule has 234 valence electrons. The number of esters is 1. The van der Waals surface area contributed by atoms with Crippen LogP contribution in [0.15, 0.2) is 42.5 Å². The van der Waals surface area contributed by atoms with Gasteiger partial charge in [-0.1, -0.05) is 52.8 Å². The summed E-state index contributed by atoms with van der Waals surface area (Å²) in [4.78, 5) is 53.9. The standard InChI is InChI=1S/C34H46N2O7/c1-8-34(4,5)30(37)32(39)36-19-10-9-14-26(36)33(40)43-27(17-15-23-16-18-28(41-6)29(20-23)42-7)24-12-11-13-25(21-24)35-31(38)22(2)3/h11-13,16,18,20-22,26-27H,8-10,14-15,17,19H2,1-7H3,(H,35,38)/t26-,27+/m0/s1. The van der Waals surface area contributed by atoms with E-state index in [0.717, 1.165) is 18.4 Å². The Bertz CT molecular complexity index is 1300. The molecule has 0 bridgehead atoms. The molecule has 2 aromatic carbocycles. The van der Waals surface area contributed by atoms with Crippen molar-refractivity contribution in [2.24, 2.45) is 11.3 Å². The second-order valence-corrected chi connectivity index (χ2v) is 12.0. The summed E-state index contributed by atoms with van der Waals surface area (Å²) in [6.07, 6.45) is 2.73. The number of anilines is 1. The van der Waals surface area contributed by atoms with Gasteiger partial charge in [-0.2, -0.15) is 0 Å². The predicted octanol–water partition coefficient (Wildman–Crippen LogP) is 5.90. The van der Waals surface area contributed by atoms with Gasteiger partial charge >= 0.3 is 5.97 Å². The summed E-state index contributed by atoms with van der Waals surface area (Å²) in [6.45, 7) is 9.33. The zero-order valence-electron chi connectivity index (χ0n) is 26.5. The van der Waals surface area contributed by atoms with E-state index in [0.29, 0.717) is 55.0 Å². The van der Waals surface area contributed by atoms with E-state index in [9.17, 15) is 19.2 Å². The number of methoxy groups -OCH3 is 2. The molecule has 9 heteroatoms. The van der Waals surface area contributed by atoms with Crippen LogP contribution >= 0.6 is 0 Å². The van der Waals surface area contributed by atoms with Crippen molar-refractivity contribution in [2.45, 2.75) is 85.3 Å². The van der Waals surface area contributed by atoms with Crippen LogP contribution in [0.5, 0.6) is 11.5 Å². The van der Waals surface area contributed by atoms with Crippen molar-refractivity contribution in [1.82, 2.24) is 4.90 Å². The Balaban J connectivity index is 1.89. The Morgan fingerprint density at radius 3 is 2.37 bits per heavy atom. The van der Waals surface area contributed by atoms with Gasteiger partial charge in [0.05, 0.1) is 14.2 Å². The van der Waals surface area contributed by atoms with Crippen LogP contribution in [0, 0.1) is 11.3 Å². The molecule has 0 aromatic heterocycles. The summed E-state index contributed by atoms with van der Waals surface area (Å²) in [5.41, 5.74) is 1.47. The van der Waals surface area contributed by atoms with Gasteiger partial charge in [0.2, 0.25) is 11.7 Å². The number of nitrogens with one attached hydrogen (secondary N) is 1. The third kappa shape index (κ3) is 8.58. The molecular formula is C34H46N2O7. The Hall–Kier alpha value is -3.88. The molecule has 9 nitrogen and oxygen atoms in total. The molecule has 0 aliphatic carbocycles. The molecule has 1 aliphatic rings. The summed E-state index contributed by atoms with van der Waals surface area (Å²) in [5, 5.41) is 2.91. The monoisotopic (exact) mass is 594 g/mol. The van der Waals surface area contributed by atoms with Gasteiger partial charge in [-0.25, -0.2) is 4.79 Å². The molecule has 0 saturated carbocycles. The maximum atomic E-state index is 13.8. The molecule has 2 aromatic rings. The summed E-state index contributed by atoms with van der Waals surface area (Å²) in [6, 6.07) is 12.1. The lowest BCUT2D eigenvalue weighted by Gasteiger charge is -2.36. The lowest BCUT2D eigenvalue weighted by molar-refractivity contribution is -0.164. The summed E-state index contributed by atoms with van der Waals surface area (Å²) >= 11 is 0. The number of carbonyl (C=O) groups excluding carboxylic acids is 4. The topological polar surface area (TPSA) is 111 Å². The number of aryl methyl sites for hydroxylation is 1. The first-order valence-corrected chi connectivity index (χ1v) is 15.1. The number of nitrogens with zero attached hydrogens (tertiary/aromatic N) is 1. The fourth-order valence-corrected chi connectivity index (χ4v) is 4.95. The number of ketones is 1. The van der Waals surface area contributed by atoms with Crippen molar-refractivity contribution in [2.75, 3.05) is 26.1 Å². The Labute approximate surface area is 255 Å². The van der Waals surface area contributed by atoms with E-state index in [4.69, 9.17) is 14.2 Å². The smallest absolute Gasteiger partial charge is 0.329 e. The molecule has 0 unspecified atom stereocenters. The number of amides is 2. The van der Waals surface area contributed by atoms with Crippen molar-refractivity contribution in [1.29, 1.82) is 0 Å². The van der Waals surface area contributed by atoms with E-state index in [-0.39, 0.29) is 11.8 Å². The quantitative estimate of drug-likeness (QED) is 0.227. The predicted molar refractivity (Wildman–Crippen MR) is 165 cm³/mol. The first-order valence-electron chi connectivity index (χ1n) is 15.1. The van der Waals surface area contributed by atoms with Gasteiger partial charge in [0.1, 0.15) is 12.1 Å². The van der Waals surface area contributed by atoms with Crippen molar-refractivity contribution >= 4 is 29.3 Å². The Kier molecular flexibility index (Phi) is 11.7. The third-order valence-electron chi connectivity index (χ3n) is 8.18. The van der Waals surface area contributed by atoms with Gasteiger partial charge in [0.15, 0.2) is 11.5 Å². The highest BCUT2D eigenvalue weighted by Crippen LogP contribution is 2.32. The minimum atomic E-state index is -0.842. The van der Waals surface area contributed by atoms with Crippen LogP contribution in [0.3, 0.4) is 0 Å². The van der Waals surface area contributed by atoms with E-state index in [1.165, 1.54) is 4.90 Å². The lowest BCUT2D eigenvalue weighted by Crippen LogP contribution is -2.53. The van der Waals surface area contributed by atoms with Crippen LogP contribution in [-0.2, 0) is 30.3 Å². The molecule has 2 amide bonds. The van der Waals surface area contributed by atoms with E-state index in [1.54, 1.807) is 34.1 Å². The molecule has 0 spiro atoms. The van der Waals surface area contributed by atoms with E-state index in [1.807, 2.05) is 57.2 Å². The molecule has 1 fully saturated rings. The highest BCUT2D eigenvalue weighted by Gasteiger charge is 2.41. The van der Waals surface area contributed by atoms with Crippen LogP contribution in [-0.4, -0.2) is 55.3 Å². The third-order valence-corrected chi connectivity index (χ3v) is 8.18. The average molecular weight is 595 g/mol. The molecular weight excluding hydrogens is 548 g/mol. The zero-order chi connectivity index (χ0) is 31.7. The molecule has 1 saturated heterocycles. The highest BCUT2D eigenvalue weighted by atomic mass is 16.5. The second-order valence-electron chi connectivity index (χ2n) is 12.0. The summed E-state index contributed by atoms with van der Waals surface area (Å²) < 4.78 is 17.0. The minimum Gasteiger partial charge on any atom is -0.493 e. The summed E-state index contributed by atoms with van der Waals surface area (Å²) in [7, 11) is 3.15. The number of hydrogen-bond acceptors (Lipinski definition) is 7. The number of Topliss-reactive ketones (excluding diaryl/α,β-unsaturated/α-hetero) is 1. The molecule has 0 radical (unpaired) electrons. The summed E-state index contributed by atoms with van der Waals surface area (Å²) in [5.74, 6) is -0.760. The number of carbonyl (C=O) groups is 4. The Morgan fingerprint density at radius 1 is 1.00 bits per heavy atom. The van der Waals surface area contributed by atoms with Crippen molar-refractivity contribution in [3.63, 3.8) is 0 Å². The number of hydrogen-bond donors (Lipinski definition) is 1. The normalized spacial score (nSPS) is 15.9. The maximum absolute atomic E-state index is 13.8. The van der Waals surface area contributed by atoms with Gasteiger partial charge in [-0.15, -0.1) is 0 Å². The van der Waals surface area contributed by atoms with Crippen LogP contribution in [0.2, 0.25) is 0 Å². The molecule has 1 aliphatic heterocycles. The molecule has 1 heterocycles. The average Bonchev–Trinajstić information content (AvgIpc) is 3.01. The van der Waals surface area contributed by atoms with Gasteiger partial charge in [0.25, 0.3) is 5.91 Å². The maximum Gasteiger partial charge on any atom is 0.329 e. The molecule has 3 rings (SSSR count). The zero-order valence-corrected chi connectivity index (χ0v) is 26.5. The Morgan fingerprint density at radius 2 is 1.72 bits per heavy atom. The number of benzene rings is 2. The number of rotatable bonds is 13. The fourth-order valence-electron chi connectivity index (χ4n) is 4.95. The molecule has 43 heavy (non-hydrogen) atoms. The number of ether oxygens (including phenoxy) is 3. The van der Waals surface area contributed by atoms with Crippen molar-refractivity contribution in [3.05, 3.63) is 53.6 Å². The first-order chi connectivity index (χ1) is 20.4. The fraction of sp³-hybridized carbons (Fsp3) is 0.529.